The van der Waals surface area contributed by atoms with E-state index in [1.165, 1.54) is 0 Å². The van der Waals surface area contributed by atoms with Gasteiger partial charge in [-0.2, -0.15) is 0 Å². The number of nitrogens with one attached hydrogen (secondary N) is 1. The minimum atomic E-state index is -0.00224. The number of benzene rings is 2. The molecule has 1 amide bonds. The summed E-state index contributed by atoms with van der Waals surface area (Å²) in [6.07, 6.45) is 0. The van der Waals surface area contributed by atoms with Crippen LogP contribution in [0.5, 0.6) is 5.75 Å². The van der Waals surface area contributed by atoms with Crippen molar-refractivity contribution >= 4 is 23.0 Å². The minimum Gasteiger partial charge on any atom is -0.494 e. The molecule has 1 N–H and O–H groups in total. The lowest BCUT2D eigenvalue weighted by molar-refractivity contribution is -0.115. The van der Waals surface area contributed by atoms with Crippen molar-refractivity contribution in [2.75, 3.05) is 23.4 Å². The van der Waals surface area contributed by atoms with Gasteiger partial charge in [-0.15, -0.1) is 0 Å². The van der Waals surface area contributed by atoms with E-state index >= 15 is 0 Å². The lowest BCUT2D eigenvalue weighted by atomic mass is 10.1. The van der Waals surface area contributed by atoms with E-state index in [0.717, 1.165) is 22.8 Å². The maximum absolute atomic E-state index is 11.8. The van der Waals surface area contributed by atoms with Crippen LogP contribution in [-0.4, -0.2) is 19.1 Å². The SMILES string of the molecule is CCOc1ccc(N2CC(=O)Nc3ccccc32)cc1. The largest absolute Gasteiger partial charge is 0.494 e. The highest BCUT2D eigenvalue weighted by molar-refractivity contribution is 6.03. The topological polar surface area (TPSA) is 41.6 Å². The fourth-order valence-corrected chi connectivity index (χ4v) is 2.35. The molecule has 0 saturated carbocycles. The average Bonchev–Trinajstić information content (AvgIpc) is 2.47. The van der Waals surface area contributed by atoms with E-state index in [1.807, 2.05) is 60.4 Å². The van der Waals surface area contributed by atoms with Crippen molar-refractivity contribution in [1.82, 2.24) is 0 Å². The Kier molecular flexibility index (Phi) is 3.29. The Morgan fingerprint density at radius 3 is 2.65 bits per heavy atom. The highest BCUT2D eigenvalue weighted by Gasteiger charge is 2.22. The number of carbonyl (C=O) groups is 1. The zero-order chi connectivity index (χ0) is 13.9. The number of para-hydroxylation sites is 2. The van der Waals surface area contributed by atoms with E-state index in [1.54, 1.807) is 0 Å². The van der Waals surface area contributed by atoms with Gasteiger partial charge in [0.25, 0.3) is 0 Å². The zero-order valence-electron chi connectivity index (χ0n) is 11.3. The number of ether oxygens (including phenoxy) is 1. The smallest absolute Gasteiger partial charge is 0.244 e. The van der Waals surface area contributed by atoms with Crippen molar-refractivity contribution in [3.63, 3.8) is 0 Å². The quantitative estimate of drug-likeness (QED) is 0.929. The number of amides is 1. The van der Waals surface area contributed by atoms with Gasteiger partial charge in [0.15, 0.2) is 0 Å². The molecule has 20 heavy (non-hydrogen) atoms. The molecule has 3 rings (SSSR count). The summed E-state index contributed by atoms with van der Waals surface area (Å²) in [7, 11) is 0. The van der Waals surface area contributed by atoms with Crippen LogP contribution in [0.1, 0.15) is 6.92 Å². The Balaban J connectivity index is 1.95. The van der Waals surface area contributed by atoms with Crippen molar-refractivity contribution in [1.29, 1.82) is 0 Å². The number of anilines is 3. The molecular formula is C16H16N2O2. The number of rotatable bonds is 3. The molecule has 102 valence electrons. The monoisotopic (exact) mass is 268 g/mol. The molecule has 0 bridgehead atoms. The summed E-state index contributed by atoms with van der Waals surface area (Å²) in [5.74, 6) is 0.837. The molecule has 2 aromatic carbocycles. The van der Waals surface area contributed by atoms with Crippen LogP contribution in [0.15, 0.2) is 48.5 Å². The van der Waals surface area contributed by atoms with Crippen molar-refractivity contribution in [3.8, 4) is 5.75 Å². The first kappa shape index (κ1) is 12.5. The van der Waals surface area contributed by atoms with Crippen LogP contribution < -0.4 is 15.0 Å². The van der Waals surface area contributed by atoms with Crippen molar-refractivity contribution in [2.45, 2.75) is 6.92 Å². The predicted molar refractivity (Wildman–Crippen MR) is 79.7 cm³/mol. The Labute approximate surface area is 118 Å². The number of fused-ring (bicyclic) bond motifs is 1. The normalized spacial score (nSPS) is 13.7. The van der Waals surface area contributed by atoms with E-state index in [4.69, 9.17) is 4.74 Å². The highest BCUT2D eigenvalue weighted by Crippen LogP contribution is 2.35. The molecule has 4 heteroatoms. The maximum Gasteiger partial charge on any atom is 0.244 e. The average molecular weight is 268 g/mol. The van der Waals surface area contributed by atoms with Gasteiger partial charge in [-0.3, -0.25) is 4.79 Å². The molecule has 0 radical (unpaired) electrons. The molecule has 0 unspecified atom stereocenters. The standard InChI is InChI=1S/C16H16N2O2/c1-2-20-13-9-7-12(8-10-13)18-11-16(19)17-14-5-3-4-6-15(14)18/h3-10H,2,11H2,1H3,(H,17,19). The number of hydrogen-bond donors (Lipinski definition) is 1. The first-order chi connectivity index (χ1) is 9.78. The summed E-state index contributed by atoms with van der Waals surface area (Å²) in [6.45, 7) is 2.93. The van der Waals surface area contributed by atoms with Crippen LogP contribution in [0.4, 0.5) is 17.1 Å². The molecule has 4 nitrogen and oxygen atoms in total. The number of hydrogen-bond acceptors (Lipinski definition) is 3. The van der Waals surface area contributed by atoms with Gasteiger partial charge in [-0.1, -0.05) is 12.1 Å². The molecule has 1 aliphatic heterocycles. The van der Waals surface area contributed by atoms with Crippen LogP contribution in [-0.2, 0) is 4.79 Å². The van der Waals surface area contributed by atoms with Gasteiger partial charge < -0.3 is 15.0 Å². The molecule has 1 heterocycles. The highest BCUT2D eigenvalue weighted by atomic mass is 16.5. The van der Waals surface area contributed by atoms with Gasteiger partial charge in [0.2, 0.25) is 5.91 Å². The molecule has 0 spiro atoms. The third kappa shape index (κ3) is 2.32. The van der Waals surface area contributed by atoms with Gasteiger partial charge in [0, 0.05) is 5.69 Å². The van der Waals surface area contributed by atoms with E-state index in [-0.39, 0.29) is 5.91 Å². The van der Waals surface area contributed by atoms with Crippen LogP contribution in [0, 0.1) is 0 Å². The Bertz CT molecular complexity index is 623. The summed E-state index contributed by atoms with van der Waals surface area (Å²) < 4.78 is 5.44. The lowest BCUT2D eigenvalue weighted by Gasteiger charge is -2.30. The summed E-state index contributed by atoms with van der Waals surface area (Å²) in [4.78, 5) is 13.8. The van der Waals surface area contributed by atoms with Gasteiger partial charge in [-0.05, 0) is 43.3 Å². The molecule has 0 fully saturated rings. The van der Waals surface area contributed by atoms with Crippen LogP contribution >= 0.6 is 0 Å². The molecule has 1 aliphatic rings. The zero-order valence-corrected chi connectivity index (χ0v) is 11.3. The van der Waals surface area contributed by atoms with Gasteiger partial charge in [0.05, 0.1) is 18.0 Å². The molecule has 0 aliphatic carbocycles. The second-order valence-corrected chi connectivity index (χ2v) is 4.58. The second-order valence-electron chi connectivity index (χ2n) is 4.58. The minimum absolute atomic E-state index is 0.00224. The van der Waals surface area contributed by atoms with Gasteiger partial charge >= 0.3 is 0 Å². The third-order valence-electron chi connectivity index (χ3n) is 3.23. The fraction of sp³-hybridized carbons (Fsp3) is 0.188. The summed E-state index contributed by atoms with van der Waals surface area (Å²) in [5.41, 5.74) is 2.84. The van der Waals surface area contributed by atoms with Gasteiger partial charge in [0.1, 0.15) is 12.3 Å². The lowest BCUT2D eigenvalue weighted by Crippen LogP contribution is -2.34. The Hall–Kier alpha value is -2.49. The van der Waals surface area contributed by atoms with Gasteiger partial charge in [-0.25, -0.2) is 0 Å². The molecule has 0 aromatic heterocycles. The summed E-state index contributed by atoms with van der Waals surface area (Å²) in [5, 5.41) is 2.89. The van der Waals surface area contributed by atoms with Crippen molar-refractivity contribution in [3.05, 3.63) is 48.5 Å². The predicted octanol–water partition coefficient (Wildman–Crippen LogP) is 3.18. The van der Waals surface area contributed by atoms with E-state index in [9.17, 15) is 4.79 Å². The van der Waals surface area contributed by atoms with Crippen molar-refractivity contribution < 1.29 is 9.53 Å². The van der Waals surface area contributed by atoms with Crippen molar-refractivity contribution in [2.24, 2.45) is 0 Å². The molecular weight excluding hydrogens is 252 g/mol. The van der Waals surface area contributed by atoms with Crippen LogP contribution in [0.3, 0.4) is 0 Å². The fourth-order valence-electron chi connectivity index (χ4n) is 2.35. The Morgan fingerprint density at radius 1 is 1.15 bits per heavy atom. The molecule has 2 aromatic rings. The number of nitrogens with zero attached hydrogens (tertiary/aromatic N) is 1. The number of carbonyl (C=O) groups excluding carboxylic acids is 1. The van der Waals surface area contributed by atoms with E-state index in [0.29, 0.717) is 13.2 Å². The summed E-state index contributed by atoms with van der Waals surface area (Å²) in [6, 6.07) is 15.6. The Morgan fingerprint density at radius 2 is 1.90 bits per heavy atom. The summed E-state index contributed by atoms with van der Waals surface area (Å²) >= 11 is 0. The van der Waals surface area contributed by atoms with E-state index in [2.05, 4.69) is 5.32 Å². The third-order valence-corrected chi connectivity index (χ3v) is 3.23. The van der Waals surface area contributed by atoms with Crippen LogP contribution in [0.2, 0.25) is 0 Å². The molecule has 0 atom stereocenters. The second kappa shape index (κ2) is 5.25. The maximum atomic E-state index is 11.8. The first-order valence-electron chi connectivity index (χ1n) is 6.67. The van der Waals surface area contributed by atoms with Crippen LogP contribution in [0.25, 0.3) is 0 Å². The molecule has 0 saturated heterocycles. The first-order valence-corrected chi connectivity index (χ1v) is 6.67. The van der Waals surface area contributed by atoms with E-state index < -0.39 is 0 Å².